The lowest BCUT2D eigenvalue weighted by molar-refractivity contribution is 0.120. The van der Waals surface area contributed by atoms with Crippen LogP contribution in [0.1, 0.15) is 18.1 Å². The summed E-state index contributed by atoms with van der Waals surface area (Å²) in [4.78, 5) is 2.16. The Morgan fingerprint density at radius 3 is 2.80 bits per heavy atom. The van der Waals surface area contributed by atoms with Crippen LogP contribution in [0.4, 0.5) is 0 Å². The molecule has 0 heterocycles. The predicted octanol–water partition coefficient (Wildman–Crippen LogP) is 1.26. The van der Waals surface area contributed by atoms with Gasteiger partial charge in [-0.3, -0.25) is 4.90 Å². The number of hydrogen-bond acceptors (Lipinski definition) is 5. The molecule has 1 aromatic carbocycles. The van der Waals surface area contributed by atoms with Crippen LogP contribution in [0.25, 0.3) is 0 Å². The van der Waals surface area contributed by atoms with Gasteiger partial charge in [-0.2, -0.15) is 0 Å². The summed E-state index contributed by atoms with van der Waals surface area (Å²) in [7, 11) is 3.59. The molecule has 0 amide bonds. The fraction of sp³-hybridized carbons (Fsp3) is 0.500. The average molecular weight is 281 g/mol. The fourth-order valence-electron chi connectivity index (χ4n) is 1.85. The molecule has 0 fully saturated rings. The van der Waals surface area contributed by atoms with Crippen molar-refractivity contribution in [3.8, 4) is 5.75 Å². The summed E-state index contributed by atoms with van der Waals surface area (Å²) >= 11 is 0. The average Bonchev–Trinajstić information content (AvgIpc) is 2.46. The third-order valence-electron chi connectivity index (χ3n) is 2.92. The molecule has 0 aliphatic rings. The van der Waals surface area contributed by atoms with Gasteiger partial charge in [0.05, 0.1) is 19.3 Å². The van der Waals surface area contributed by atoms with Crippen LogP contribution in [0.2, 0.25) is 0 Å². The van der Waals surface area contributed by atoms with Crippen molar-refractivity contribution in [3.05, 3.63) is 29.3 Å². The number of benzene rings is 1. The molecule has 0 aliphatic heterocycles. The minimum absolute atomic E-state index is 0.0399. The number of amidine groups is 1. The van der Waals surface area contributed by atoms with Crippen molar-refractivity contribution in [2.24, 2.45) is 10.9 Å². The van der Waals surface area contributed by atoms with Crippen molar-refractivity contribution in [3.63, 3.8) is 0 Å². The van der Waals surface area contributed by atoms with Crippen LogP contribution in [0.3, 0.4) is 0 Å². The summed E-state index contributed by atoms with van der Waals surface area (Å²) in [5, 5.41) is 11.7. The van der Waals surface area contributed by atoms with Crippen molar-refractivity contribution in [1.29, 1.82) is 0 Å². The van der Waals surface area contributed by atoms with E-state index in [1.807, 2.05) is 26.1 Å². The zero-order valence-corrected chi connectivity index (χ0v) is 12.3. The second-order valence-electron chi connectivity index (χ2n) is 4.45. The number of likely N-dealkylation sites (N-methyl/N-ethyl adjacent to an activating group) is 1. The highest BCUT2D eigenvalue weighted by atomic mass is 16.5. The van der Waals surface area contributed by atoms with Gasteiger partial charge in [0.25, 0.3) is 0 Å². The molecule has 0 bridgehead atoms. The lowest BCUT2D eigenvalue weighted by Crippen LogP contribution is -2.23. The number of hydrogen-bond donors (Lipinski definition) is 2. The van der Waals surface area contributed by atoms with Gasteiger partial charge in [-0.1, -0.05) is 11.2 Å². The minimum Gasteiger partial charge on any atom is -0.496 e. The second kappa shape index (κ2) is 8.39. The van der Waals surface area contributed by atoms with Gasteiger partial charge in [-0.05, 0) is 31.7 Å². The Morgan fingerprint density at radius 2 is 2.20 bits per heavy atom. The Labute approximate surface area is 119 Å². The molecule has 20 heavy (non-hydrogen) atoms. The molecular weight excluding hydrogens is 258 g/mol. The molecule has 0 atom stereocenters. The van der Waals surface area contributed by atoms with Gasteiger partial charge in [0, 0.05) is 19.7 Å². The summed E-state index contributed by atoms with van der Waals surface area (Å²) in [5.74, 6) is 0.633. The molecule has 0 unspecified atom stereocenters. The van der Waals surface area contributed by atoms with Gasteiger partial charge < -0.3 is 20.4 Å². The molecule has 0 aromatic heterocycles. The fourth-order valence-corrected chi connectivity index (χ4v) is 1.85. The summed E-state index contributed by atoms with van der Waals surface area (Å²) in [6, 6.07) is 5.62. The summed E-state index contributed by atoms with van der Waals surface area (Å²) in [6.45, 7) is 5.07. The largest absolute Gasteiger partial charge is 0.496 e. The summed E-state index contributed by atoms with van der Waals surface area (Å²) in [6.07, 6.45) is 0. The quantitative estimate of drug-likeness (QED) is 0.246. The smallest absolute Gasteiger partial charge is 0.173 e. The van der Waals surface area contributed by atoms with E-state index in [0.717, 1.165) is 25.3 Å². The molecule has 112 valence electrons. The number of rotatable bonds is 8. The molecule has 0 radical (unpaired) electrons. The first-order chi connectivity index (χ1) is 9.62. The maximum absolute atomic E-state index is 8.73. The zero-order chi connectivity index (χ0) is 15.0. The molecule has 0 saturated heterocycles. The molecule has 1 aromatic rings. The van der Waals surface area contributed by atoms with E-state index in [2.05, 4.69) is 10.1 Å². The SMILES string of the molecule is CCOCCN(C)Cc1ccc(/C(N)=N/O)c(OC)c1. The normalized spacial score (nSPS) is 11.9. The monoisotopic (exact) mass is 281 g/mol. The zero-order valence-electron chi connectivity index (χ0n) is 12.3. The Kier molecular flexibility index (Phi) is 6.83. The number of nitrogens with two attached hydrogens (primary N) is 1. The summed E-state index contributed by atoms with van der Waals surface area (Å²) < 4.78 is 10.6. The third-order valence-corrected chi connectivity index (χ3v) is 2.92. The first-order valence-corrected chi connectivity index (χ1v) is 6.53. The predicted molar refractivity (Wildman–Crippen MR) is 78.3 cm³/mol. The highest BCUT2D eigenvalue weighted by molar-refractivity contribution is 5.99. The van der Waals surface area contributed by atoms with E-state index in [-0.39, 0.29) is 5.84 Å². The van der Waals surface area contributed by atoms with E-state index in [4.69, 9.17) is 20.4 Å². The van der Waals surface area contributed by atoms with Crippen LogP contribution in [-0.2, 0) is 11.3 Å². The maximum atomic E-state index is 8.73. The molecule has 3 N–H and O–H groups in total. The third kappa shape index (κ3) is 4.71. The minimum atomic E-state index is 0.0399. The van der Waals surface area contributed by atoms with Crippen LogP contribution in [0.15, 0.2) is 23.4 Å². The Bertz CT molecular complexity index is 449. The van der Waals surface area contributed by atoms with Crippen molar-refractivity contribution in [2.45, 2.75) is 13.5 Å². The van der Waals surface area contributed by atoms with Gasteiger partial charge in [0.15, 0.2) is 5.84 Å². The number of ether oxygens (including phenoxy) is 2. The molecule has 0 aliphatic carbocycles. The number of methoxy groups -OCH3 is 1. The lowest BCUT2D eigenvalue weighted by Gasteiger charge is -2.17. The van der Waals surface area contributed by atoms with Crippen LogP contribution >= 0.6 is 0 Å². The number of nitrogens with zero attached hydrogens (tertiary/aromatic N) is 2. The van der Waals surface area contributed by atoms with Crippen molar-refractivity contribution >= 4 is 5.84 Å². The molecule has 6 nitrogen and oxygen atoms in total. The Balaban J connectivity index is 2.73. The Hall–Kier alpha value is -1.79. The van der Waals surface area contributed by atoms with Crippen LogP contribution < -0.4 is 10.5 Å². The number of oxime groups is 1. The topological polar surface area (TPSA) is 80.3 Å². The van der Waals surface area contributed by atoms with Crippen LogP contribution in [0, 0.1) is 0 Å². The Morgan fingerprint density at radius 1 is 1.45 bits per heavy atom. The van der Waals surface area contributed by atoms with Gasteiger partial charge in [-0.25, -0.2) is 0 Å². The van der Waals surface area contributed by atoms with E-state index in [1.165, 1.54) is 0 Å². The van der Waals surface area contributed by atoms with E-state index in [0.29, 0.717) is 17.9 Å². The van der Waals surface area contributed by atoms with E-state index < -0.39 is 0 Å². The maximum Gasteiger partial charge on any atom is 0.173 e. The standard InChI is InChI=1S/C14H23N3O3/c1-4-20-8-7-17(2)10-11-5-6-12(14(15)16-18)13(9-11)19-3/h5-6,9,18H,4,7-8,10H2,1-3H3,(H2,15,16). The first-order valence-electron chi connectivity index (χ1n) is 6.53. The highest BCUT2D eigenvalue weighted by Crippen LogP contribution is 2.20. The molecular formula is C14H23N3O3. The van der Waals surface area contributed by atoms with E-state index in [9.17, 15) is 0 Å². The highest BCUT2D eigenvalue weighted by Gasteiger charge is 2.09. The van der Waals surface area contributed by atoms with Crippen molar-refractivity contribution in [1.82, 2.24) is 4.90 Å². The van der Waals surface area contributed by atoms with Gasteiger partial charge in [0.1, 0.15) is 5.75 Å². The molecule has 1 rings (SSSR count). The first kappa shape index (κ1) is 16.3. The molecule has 0 spiro atoms. The van der Waals surface area contributed by atoms with E-state index in [1.54, 1.807) is 13.2 Å². The summed E-state index contributed by atoms with van der Waals surface area (Å²) in [5.41, 5.74) is 7.27. The van der Waals surface area contributed by atoms with E-state index >= 15 is 0 Å². The molecule has 6 heteroatoms. The van der Waals surface area contributed by atoms with Crippen molar-refractivity contribution in [2.75, 3.05) is 33.9 Å². The van der Waals surface area contributed by atoms with Gasteiger partial charge in [-0.15, -0.1) is 0 Å². The lowest BCUT2D eigenvalue weighted by atomic mass is 10.1. The van der Waals surface area contributed by atoms with Crippen molar-refractivity contribution < 1.29 is 14.7 Å². The van der Waals surface area contributed by atoms with Gasteiger partial charge in [0.2, 0.25) is 0 Å². The molecule has 0 saturated carbocycles. The van der Waals surface area contributed by atoms with Crippen LogP contribution in [-0.4, -0.2) is 49.9 Å². The van der Waals surface area contributed by atoms with Crippen LogP contribution in [0.5, 0.6) is 5.75 Å². The van der Waals surface area contributed by atoms with Gasteiger partial charge >= 0.3 is 0 Å². The second-order valence-corrected chi connectivity index (χ2v) is 4.45.